The molecule has 1 aromatic rings. The minimum atomic E-state index is -4.78. The van der Waals surface area contributed by atoms with Gasteiger partial charge in [-0.05, 0) is 100 Å². The Hall–Kier alpha value is -2.50. The molecule has 0 spiro atoms. The molecule has 0 amide bonds. The van der Waals surface area contributed by atoms with E-state index in [1.54, 1.807) is 6.08 Å². The third-order valence-corrected chi connectivity index (χ3v) is 8.14. The maximum atomic E-state index is 14.7. The quantitative estimate of drug-likeness (QED) is 0.112. The minimum absolute atomic E-state index is 0.121. The smallest absolute Gasteiger partial charge is 0.426 e. The molecule has 0 radical (unpaired) electrons. The van der Waals surface area contributed by atoms with Gasteiger partial charge in [-0.15, -0.1) is 19.8 Å². The number of hydrogen-bond donors (Lipinski definition) is 0. The van der Waals surface area contributed by atoms with Gasteiger partial charge in [0.1, 0.15) is 17.6 Å². The Morgan fingerprint density at radius 3 is 1.95 bits per heavy atom. The Morgan fingerprint density at radius 1 is 0.833 bits per heavy atom. The summed E-state index contributed by atoms with van der Waals surface area (Å²) in [5, 5.41) is 0. The lowest BCUT2D eigenvalue weighted by Crippen LogP contribution is -2.46. The Kier molecular flexibility index (Phi) is 11.4. The molecule has 3 fully saturated rings. The van der Waals surface area contributed by atoms with Crippen molar-refractivity contribution in [2.24, 2.45) is 17.8 Å². The standard InChI is InChI=1S/C31H39F5O6/c1-2-19-38-27-17-18-28(39-20-27)30(32,33)41-25-11-7-22(8-12-25)4-3-21-5-9-23(10-6-21)29(37)40-24-13-15-26(16-14-24)42-31(34,35)36/h2-4,13-16,21-23,25,27-28H,1,5-12,17-20H2/b4-3+. The second-order valence-corrected chi connectivity index (χ2v) is 11.3. The second-order valence-electron chi connectivity index (χ2n) is 11.3. The molecule has 11 heteroatoms. The van der Waals surface area contributed by atoms with Gasteiger partial charge in [0.15, 0.2) is 0 Å². The molecule has 0 bridgehead atoms. The molecule has 3 aliphatic rings. The highest BCUT2D eigenvalue weighted by molar-refractivity contribution is 5.75. The first-order chi connectivity index (χ1) is 20.0. The van der Waals surface area contributed by atoms with Crippen LogP contribution in [0.15, 0.2) is 49.1 Å². The van der Waals surface area contributed by atoms with Crippen LogP contribution in [0.4, 0.5) is 22.0 Å². The predicted octanol–water partition coefficient (Wildman–Crippen LogP) is 7.77. The van der Waals surface area contributed by atoms with Gasteiger partial charge in [0.2, 0.25) is 0 Å². The van der Waals surface area contributed by atoms with Gasteiger partial charge >= 0.3 is 18.4 Å². The molecule has 0 aromatic heterocycles. The fourth-order valence-electron chi connectivity index (χ4n) is 5.80. The zero-order chi connectivity index (χ0) is 30.2. The van der Waals surface area contributed by atoms with E-state index >= 15 is 0 Å². The summed E-state index contributed by atoms with van der Waals surface area (Å²) in [5.74, 6) is -0.243. The van der Waals surface area contributed by atoms with Crippen LogP contribution in [0.5, 0.6) is 11.5 Å². The Bertz CT molecular complexity index is 1020. The number of benzene rings is 1. The Labute approximate surface area is 243 Å². The van der Waals surface area contributed by atoms with E-state index in [1.165, 1.54) is 12.1 Å². The number of rotatable bonds is 11. The number of alkyl halides is 5. The largest absolute Gasteiger partial charge is 0.573 e. The number of carbonyl (C=O) groups is 1. The fraction of sp³-hybridized carbons (Fsp3) is 0.645. The van der Waals surface area contributed by atoms with Crippen LogP contribution in [-0.2, 0) is 19.0 Å². The topological polar surface area (TPSA) is 63.2 Å². The Balaban J connectivity index is 1.12. The average Bonchev–Trinajstić information content (AvgIpc) is 2.96. The first-order valence-corrected chi connectivity index (χ1v) is 14.7. The van der Waals surface area contributed by atoms with Crippen molar-refractivity contribution in [1.29, 1.82) is 0 Å². The maximum Gasteiger partial charge on any atom is 0.573 e. The molecule has 2 atom stereocenters. The highest BCUT2D eigenvalue weighted by atomic mass is 19.4. The molecular weight excluding hydrogens is 563 g/mol. The van der Waals surface area contributed by atoms with E-state index in [0.29, 0.717) is 50.5 Å². The van der Waals surface area contributed by atoms with E-state index in [-0.39, 0.29) is 36.5 Å². The number of esters is 1. The van der Waals surface area contributed by atoms with Gasteiger partial charge < -0.3 is 23.7 Å². The fourth-order valence-corrected chi connectivity index (χ4v) is 5.80. The molecule has 4 rings (SSSR count). The van der Waals surface area contributed by atoms with Gasteiger partial charge in [-0.2, -0.15) is 8.78 Å². The molecule has 42 heavy (non-hydrogen) atoms. The molecule has 234 valence electrons. The lowest BCUT2D eigenvalue weighted by atomic mass is 9.80. The number of halogens is 5. The van der Waals surface area contributed by atoms with Crippen LogP contribution in [0.3, 0.4) is 0 Å². The zero-order valence-electron chi connectivity index (χ0n) is 23.5. The molecule has 0 N–H and O–H groups in total. The number of ether oxygens (including phenoxy) is 5. The van der Waals surface area contributed by atoms with E-state index in [4.69, 9.17) is 18.9 Å². The van der Waals surface area contributed by atoms with E-state index in [2.05, 4.69) is 23.5 Å². The molecule has 1 saturated heterocycles. The van der Waals surface area contributed by atoms with Gasteiger partial charge in [0, 0.05) is 0 Å². The third-order valence-electron chi connectivity index (χ3n) is 8.14. The van der Waals surface area contributed by atoms with Crippen LogP contribution in [0.1, 0.15) is 64.2 Å². The number of allylic oxidation sites excluding steroid dienone is 2. The first kappa shape index (κ1) is 32.4. The Morgan fingerprint density at radius 2 is 1.40 bits per heavy atom. The minimum Gasteiger partial charge on any atom is -0.426 e. The van der Waals surface area contributed by atoms with Crippen LogP contribution >= 0.6 is 0 Å². The summed E-state index contributed by atoms with van der Waals surface area (Å²) in [6, 6.07) is 4.75. The highest BCUT2D eigenvalue weighted by Crippen LogP contribution is 2.37. The molecule has 2 unspecified atom stereocenters. The molecule has 2 saturated carbocycles. The summed E-state index contributed by atoms with van der Waals surface area (Å²) in [4.78, 5) is 12.5. The first-order valence-electron chi connectivity index (χ1n) is 14.7. The lowest BCUT2D eigenvalue weighted by molar-refractivity contribution is -0.328. The van der Waals surface area contributed by atoms with E-state index in [0.717, 1.165) is 37.8 Å². The third kappa shape index (κ3) is 10.1. The van der Waals surface area contributed by atoms with E-state index in [9.17, 15) is 26.7 Å². The molecule has 2 aliphatic carbocycles. The monoisotopic (exact) mass is 602 g/mol. The van der Waals surface area contributed by atoms with Gasteiger partial charge in [-0.1, -0.05) is 18.2 Å². The van der Waals surface area contributed by atoms with Gasteiger partial charge in [-0.3, -0.25) is 4.79 Å². The van der Waals surface area contributed by atoms with Crippen molar-refractivity contribution in [2.45, 2.75) is 95.0 Å². The van der Waals surface area contributed by atoms with Gasteiger partial charge in [0.25, 0.3) is 0 Å². The number of hydrogen-bond acceptors (Lipinski definition) is 6. The molecular formula is C31H39F5O6. The second kappa shape index (κ2) is 14.8. The van der Waals surface area contributed by atoms with Gasteiger partial charge in [0.05, 0.1) is 31.3 Å². The average molecular weight is 603 g/mol. The van der Waals surface area contributed by atoms with Crippen LogP contribution < -0.4 is 9.47 Å². The van der Waals surface area contributed by atoms with Crippen molar-refractivity contribution < 1.29 is 50.4 Å². The summed E-state index contributed by atoms with van der Waals surface area (Å²) < 4.78 is 91.7. The summed E-state index contributed by atoms with van der Waals surface area (Å²) in [5.41, 5.74) is 0. The highest BCUT2D eigenvalue weighted by Gasteiger charge is 2.46. The van der Waals surface area contributed by atoms with Crippen molar-refractivity contribution in [3.05, 3.63) is 49.1 Å². The normalized spacial score (nSPS) is 29.3. The van der Waals surface area contributed by atoms with Gasteiger partial charge in [-0.25, -0.2) is 0 Å². The van der Waals surface area contributed by atoms with Crippen LogP contribution in [0, 0.1) is 17.8 Å². The van der Waals surface area contributed by atoms with Crippen molar-refractivity contribution in [2.75, 3.05) is 13.2 Å². The molecule has 1 aromatic carbocycles. The maximum absolute atomic E-state index is 14.7. The van der Waals surface area contributed by atoms with Crippen molar-refractivity contribution in [3.63, 3.8) is 0 Å². The molecule has 6 nitrogen and oxygen atoms in total. The van der Waals surface area contributed by atoms with Crippen LogP contribution in [-0.4, -0.2) is 50.0 Å². The van der Waals surface area contributed by atoms with Crippen molar-refractivity contribution in [1.82, 2.24) is 0 Å². The van der Waals surface area contributed by atoms with E-state index in [1.807, 2.05) is 0 Å². The van der Waals surface area contributed by atoms with Crippen LogP contribution in [0.2, 0.25) is 0 Å². The molecule has 1 heterocycles. The zero-order valence-corrected chi connectivity index (χ0v) is 23.5. The summed E-state index contributed by atoms with van der Waals surface area (Å²) >= 11 is 0. The number of carbonyl (C=O) groups excluding carboxylic acids is 1. The van der Waals surface area contributed by atoms with E-state index < -0.39 is 30.6 Å². The van der Waals surface area contributed by atoms with Crippen molar-refractivity contribution in [3.8, 4) is 11.5 Å². The summed E-state index contributed by atoms with van der Waals surface area (Å²) in [7, 11) is 0. The van der Waals surface area contributed by atoms with Crippen molar-refractivity contribution >= 4 is 5.97 Å². The molecule has 1 aliphatic heterocycles. The SMILES string of the molecule is C=CCOC1CCC(C(F)(F)OC2CCC(/C=C/C3CCC(C(=O)Oc4ccc(OC(F)(F)F)cc4)CC3)CC2)OC1. The lowest BCUT2D eigenvalue weighted by Gasteiger charge is -2.36. The predicted molar refractivity (Wildman–Crippen MR) is 144 cm³/mol. The summed E-state index contributed by atoms with van der Waals surface area (Å²) in [6.45, 7) is 4.07. The summed E-state index contributed by atoms with van der Waals surface area (Å²) in [6.07, 6.45) is 2.20. The van der Waals surface area contributed by atoms with Crippen LogP contribution in [0.25, 0.3) is 0 Å².